The third kappa shape index (κ3) is 3.70. The summed E-state index contributed by atoms with van der Waals surface area (Å²) < 4.78 is 4.40. The van der Waals surface area contributed by atoms with Crippen LogP contribution in [-0.2, 0) is 9.53 Å². The molecule has 0 heterocycles. The van der Waals surface area contributed by atoms with E-state index in [-0.39, 0.29) is 5.97 Å². The normalized spacial score (nSPS) is 11.2. The number of carbonyl (C=O) groups is 1. The summed E-state index contributed by atoms with van der Waals surface area (Å²) in [7, 11) is 3.02. The van der Waals surface area contributed by atoms with Crippen molar-refractivity contribution in [3.05, 3.63) is 0 Å². The van der Waals surface area contributed by atoms with Gasteiger partial charge in [0.15, 0.2) is 0 Å². The number of rotatable bonds is 2. The summed E-state index contributed by atoms with van der Waals surface area (Å²) in [5, 5.41) is 0. The molecule has 0 rings (SSSR count). The van der Waals surface area contributed by atoms with Crippen molar-refractivity contribution in [3.8, 4) is 0 Å². The van der Waals surface area contributed by atoms with Crippen molar-refractivity contribution >= 4 is 11.7 Å². The highest BCUT2D eigenvalue weighted by Crippen LogP contribution is 1.86. The van der Waals surface area contributed by atoms with E-state index in [1.165, 1.54) is 7.11 Å². The molecule has 0 amide bonds. The maximum Gasteiger partial charge on any atom is 0.311 e. The monoisotopic (exact) mass is 129 g/mol. The first-order chi connectivity index (χ1) is 4.20. The molecule has 0 aromatic heterocycles. The second kappa shape index (κ2) is 4.06. The maximum absolute atomic E-state index is 10.5. The Balaban J connectivity index is 3.60. The third-order valence-electron chi connectivity index (χ3n) is 1.01. The number of hydrogen-bond acceptors (Lipinski definition) is 3. The lowest BCUT2D eigenvalue weighted by Gasteiger charge is -1.95. The zero-order chi connectivity index (χ0) is 7.28. The van der Waals surface area contributed by atoms with Gasteiger partial charge in [0, 0.05) is 12.8 Å². The average molecular weight is 129 g/mol. The minimum atomic E-state index is -0.238. The molecule has 0 atom stereocenters. The molecule has 0 aliphatic carbocycles. The molecule has 52 valence electrons. The number of methoxy groups -OCH3 is 1. The van der Waals surface area contributed by atoms with Crippen LogP contribution in [0.1, 0.15) is 13.3 Å². The van der Waals surface area contributed by atoms with Crippen molar-refractivity contribution in [3.63, 3.8) is 0 Å². The van der Waals surface area contributed by atoms with Crippen molar-refractivity contribution in [2.75, 3.05) is 14.2 Å². The van der Waals surface area contributed by atoms with Gasteiger partial charge in [0.2, 0.25) is 0 Å². The van der Waals surface area contributed by atoms with Crippen LogP contribution in [0.25, 0.3) is 0 Å². The minimum Gasteiger partial charge on any atom is -0.469 e. The van der Waals surface area contributed by atoms with Crippen LogP contribution in [0.15, 0.2) is 4.99 Å². The minimum absolute atomic E-state index is 0.238. The van der Waals surface area contributed by atoms with Gasteiger partial charge in [0.1, 0.15) is 0 Å². The molecule has 9 heavy (non-hydrogen) atoms. The summed E-state index contributed by atoms with van der Waals surface area (Å²) in [6.07, 6.45) is 0.299. The Morgan fingerprint density at radius 3 is 2.56 bits per heavy atom. The number of nitrogens with zero attached hydrogens (tertiary/aromatic N) is 1. The molecule has 0 spiro atoms. The van der Waals surface area contributed by atoms with Crippen molar-refractivity contribution in [1.29, 1.82) is 0 Å². The topological polar surface area (TPSA) is 38.7 Å². The molecule has 0 aliphatic heterocycles. The molecule has 0 N–H and O–H groups in total. The molecule has 0 aromatic rings. The van der Waals surface area contributed by atoms with Crippen molar-refractivity contribution in [1.82, 2.24) is 0 Å². The van der Waals surface area contributed by atoms with E-state index < -0.39 is 0 Å². The average Bonchev–Trinajstić information content (AvgIpc) is 1.87. The molecule has 0 aromatic carbocycles. The smallest absolute Gasteiger partial charge is 0.311 e. The third-order valence-corrected chi connectivity index (χ3v) is 1.01. The summed E-state index contributed by atoms with van der Waals surface area (Å²) in [6, 6.07) is 0. The predicted molar refractivity (Wildman–Crippen MR) is 35.7 cm³/mol. The van der Waals surface area contributed by atoms with Gasteiger partial charge in [-0.1, -0.05) is 0 Å². The molecule has 0 aliphatic rings. The van der Waals surface area contributed by atoms with E-state index in [2.05, 4.69) is 9.73 Å². The Kier molecular flexibility index (Phi) is 3.67. The van der Waals surface area contributed by atoms with Gasteiger partial charge in [-0.15, -0.1) is 0 Å². The first-order valence-electron chi connectivity index (χ1n) is 2.69. The Hall–Kier alpha value is -0.860. The molecule has 3 heteroatoms. The van der Waals surface area contributed by atoms with Gasteiger partial charge in [-0.05, 0) is 6.92 Å². The molecule has 0 radical (unpaired) electrons. The van der Waals surface area contributed by atoms with E-state index in [0.29, 0.717) is 6.42 Å². The standard InChI is InChI=1S/C6H11NO2/c1-5(7-2)4-6(8)9-3/h4H2,1-3H3. The molecule has 3 nitrogen and oxygen atoms in total. The SMILES string of the molecule is CN=C(C)CC(=O)OC. The highest BCUT2D eigenvalue weighted by Gasteiger charge is 1.99. The molecule has 0 unspecified atom stereocenters. The lowest BCUT2D eigenvalue weighted by Crippen LogP contribution is -2.05. The molecule has 0 bridgehead atoms. The molecule has 0 saturated heterocycles. The zero-order valence-electron chi connectivity index (χ0n) is 5.97. The predicted octanol–water partition coefficient (Wildman–Crippen LogP) is 0.640. The summed E-state index contributed by atoms with van der Waals surface area (Å²) in [6.45, 7) is 1.79. The van der Waals surface area contributed by atoms with Crippen molar-refractivity contribution in [2.45, 2.75) is 13.3 Å². The first-order valence-corrected chi connectivity index (χ1v) is 2.69. The lowest BCUT2D eigenvalue weighted by molar-refractivity contribution is -0.139. The van der Waals surface area contributed by atoms with E-state index in [1.807, 2.05) is 0 Å². The second-order valence-corrected chi connectivity index (χ2v) is 1.71. The van der Waals surface area contributed by atoms with Crippen LogP contribution in [-0.4, -0.2) is 25.8 Å². The maximum atomic E-state index is 10.5. The molecule has 0 fully saturated rings. The number of ether oxygens (including phenoxy) is 1. The van der Waals surface area contributed by atoms with Crippen LogP contribution in [0.4, 0.5) is 0 Å². The Morgan fingerprint density at radius 1 is 1.67 bits per heavy atom. The van der Waals surface area contributed by atoms with Crippen molar-refractivity contribution < 1.29 is 9.53 Å². The summed E-state index contributed by atoms with van der Waals surface area (Å²) in [5.41, 5.74) is 0.793. The fourth-order valence-electron chi connectivity index (χ4n) is 0.360. The summed E-state index contributed by atoms with van der Waals surface area (Å²) in [5.74, 6) is -0.238. The van der Waals surface area contributed by atoms with Crippen LogP contribution in [0, 0.1) is 0 Å². The second-order valence-electron chi connectivity index (χ2n) is 1.71. The molecular formula is C6H11NO2. The molecular weight excluding hydrogens is 118 g/mol. The number of carbonyl (C=O) groups excluding carboxylic acids is 1. The van der Waals surface area contributed by atoms with Gasteiger partial charge < -0.3 is 4.74 Å². The van der Waals surface area contributed by atoms with Crippen LogP contribution in [0.5, 0.6) is 0 Å². The van der Waals surface area contributed by atoms with Gasteiger partial charge in [-0.3, -0.25) is 9.79 Å². The van der Waals surface area contributed by atoms with E-state index in [4.69, 9.17) is 0 Å². The van der Waals surface area contributed by atoms with E-state index in [0.717, 1.165) is 5.71 Å². The van der Waals surface area contributed by atoms with Crippen LogP contribution >= 0.6 is 0 Å². The quantitative estimate of drug-likeness (QED) is 0.405. The highest BCUT2D eigenvalue weighted by atomic mass is 16.5. The number of esters is 1. The van der Waals surface area contributed by atoms with E-state index >= 15 is 0 Å². The van der Waals surface area contributed by atoms with Crippen LogP contribution in [0.2, 0.25) is 0 Å². The zero-order valence-corrected chi connectivity index (χ0v) is 5.97. The van der Waals surface area contributed by atoms with E-state index in [9.17, 15) is 4.79 Å². The van der Waals surface area contributed by atoms with Gasteiger partial charge >= 0.3 is 5.97 Å². The fourth-order valence-corrected chi connectivity index (χ4v) is 0.360. The van der Waals surface area contributed by atoms with Gasteiger partial charge in [0.05, 0.1) is 13.5 Å². The van der Waals surface area contributed by atoms with Crippen molar-refractivity contribution in [2.24, 2.45) is 4.99 Å². The molecule has 0 saturated carbocycles. The first kappa shape index (κ1) is 8.14. The lowest BCUT2D eigenvalue weighted by atomic mass is 10.3. The summed E-state index contributed by atoms with van der Waals surface area (Å²) >= 11 is 0. The van der Waals surface area contributed by atoms with E-state index in [1.54, 1.807) is 14.0 Å². The largest absolute Gasteiger partial charge is 0.469 e. The van der Waals surface area contributed by atoms with Crippen LogP contribution in [0.3, 0.4) is 0 Å². The highest BCUT2D eigenvalue weighted by molar-refractivity contribution is 5.97. The number of hydrogen-bond donors (Lipinski definition) is 0. The number of aliphatic imine (C=N–C) groups is 1. The Bertz CT molecular complexity index is 129. The van der Waals surface area contributed by atoms with Crippen LogP contribution < -0.4 is 0 Å². The van der Waals surface area contributed by atoms with Gasteiger partial charge in [-0.2, -0.15) is 0 Å². The van der Waals surface area contributed by atoms with Gasteiger partial charge in [0.25, 0.3) is 0 Å². The summed E-state index contributed by atoms with van der Waals surface area (Å²) in [4.78, 5) is 14.3. The fraction of sp³-hybridized carbons (Fsp3) is 0.667. The van der Waals surface area contributed by atoms with Gasteiger partial charge in [-0.25, -0.2) is 0 Å². The Labute approximate surface area is 54.7 Å². The Morgan fingerprint density at radius 2 is 2.22 bits per heavy atom.